The number of alkyl halides is 1. The van der Waals surface area contributed by atoms with Gasteiger partial charge in [0.05, 0.1) is 4.83 Å². The van der Waals surface area contributed by atoms with Crippen LogP contribution in [-0.4, -0.2) is 10.6 Å². The van der Waals surface area contributed by atoms with Gasteiger partial charge < -0.3 is 0 Å². The lowest BCUT2D eigenvalue weighted by Gasteiger charge is -1.77. The first-order valence-electron chi connectivity index (χ1n) is 1.66. The van der Waals surface area contributed by atoms with Gasteiger partial charge in [0, 0.05) is 4.21 Å². The predicted octanol–water partition coefficient (Wildman–Crippen LogP) is 1.20. The number of rotatable bonds is 2. The predicted molar refractivity (Wildman–Crippen MR) is 31.3 cm³/mol. The minimum absolute atomic E-state index is 0.361. The van der Waals surface area contributed by atoms with E-state index in [1.54, 1.807) is 0 Å². The van der Waals surface area contributed by atoms with Crippen LogP contribution in [0.25, 0.3) is 0 Å². The fraction of sp³-hybridized carbons (Fsp3) is 1.00. The maximum atomic E-state index is 9.63. The molecule has 0 aliphatic rings. The van der Waals surface area contributed by atoms with Crippen LogP contribution in [0.5, 0.6) is 0 Å². The molecule has 0 spiro atoms. The Morgan fingerprint density at radius 1 is 2.00 bits per heavy atom. The lowest BCUT2D eigenvalue weighted by atomic mass is 10.6. The van der Waals surface area contributed by atoms with E-state index in [0.717, 1.165) is 0 Å². The average Bonchev–Trinajstić information content (AvgIpc) is 1.35. The van der Waals surface area contributed by atoms with Crippen LogP contribution in [0.4, 0.5) is 0 Å². The summed E-state index contributed by atoms with van der Waals surface area (Å²) in [6, 6.07) is 0. The number of hydrogen-bond acceptors (Lipinski definition) is 1. The van der Waals surface area contributed by atoms with Crippen LogP contribution >= 0.6 is 15.9 Å². The minimum Gasteiger partial charge on any atom is -0.0834 e. The lowest BCUT2D eigenvalue weighted by Crippen LogP contribution is -1.93. The highest BCUT2D eigenvalue weighted by Crippen LogP contribution is 1.93. The zero-order chi connectivity index (χ0) is 4.99. The second-order valence-corrected chi connectivity index (χ2v) is 3.20. The molecule has 0 saturated carbocycles. The van der Waals surface area contributed by atoms with E-state index in [9.17, 15) is 4.21 Å². The van der Waals surface area contributed by atoms with Gasteiger partial charge in [-0.2, -0.15) is 0 Å². The van der Waals surface area contributed by atoms with Crippen molar-refractivity contribution in [3.8, 4) is 0 Å². The minimum atomic E-state index is 0.361. The molecule has 0 amide bonds. The zero-order valence-electron chi connectivity index (χ0n) is 3.48. The molecule has 0 aliphatic heterocycles. The fourth-order valence-electron chi connectivity index (χ4n) is 0.0938. The van der Waals surface area contributed by atoms with Gasteiger partial charge in [-0.25, -0.2) is 0 Å². The van der Waals surface area contributed by atoms with Crippen molar-refractivity contribution in [1.82, 2.24) is 0 Å². The molecule has 6 heavy (non-hydrogen) atoms. The third kappa shape index (κ3) is 4.50. The van der Waals surface area contributed by atoms with Crippen LogP contribution in [0.2, 0.25) is 0 Å². The van der Waals surface area contributed by atoms with E-state index in [1.165, 1.54) is 0 Å². The van der Waals surface area contributed by atoms with Crippen molar-refractivity contribution in [2.24, 2.45) is 0 Å². The van der Waals surface area contributed by atoms with E-state index in [2.05, 4.69) is 15.9 Å². The van der Waals surface area contributed by atoms with Crippen molar-refractivity contribution in [3.05, 3.63) is 0 Å². The highest BCUT2D eigenvalue weighted by atomic mass is 79.9. The molecule has 0 aromatic carbocycles. The SMILES string of the molecule is CC(Br)C[S+]=O. The summed E-state index contributed by atoms with van der Waals surface area (Å²) < 4.78 is 9.63. The molecule has 3 heteroatoms. The molecule has 1 nitrogen and oxygen atoms in total. The van der Waals surface area contributed by atoms with Gasteiger partial charge in [-0.15, -0.1) is 0 Å². The van der Waals surface area contributed by atoms with Gasteiger partial charge in [-0.1, -0.05) is 15.9 Å². The van der Waals surface area contributed by atoms with Crippen LogP contribution in [0.15, 0.2) is 0 Å². The Morgan fingerprint density at radius 3 is 2.50 bits per heavy atom. The summed E-state index contributed by atoms with van der Waals surface area (Å²) in [4.78, 5) is 0.361. The Labute approximate surface area is 49.7 Å². The van der Waals surface area contributed by atoms with Gasteiger partial charge in [0.25, 0.3) is 0 Å². The zero-order valence-corrected chi connectivity index (χ0v) is 5.88. The van der Waals surface area contributed by atoms with E-state index >= 15 is 0 Å². The van der Waals surface area contributed by atoms with Gasteiger partial charge in [-0.3, -0.25) is 0 Å². The highest BCUT2D eigenvalue weighted by molar-refractivity contribution is 9.09. The van der Waals surface area contributed by atoms with E-state index in [-0.39, 0.29) is 0 Å². The molecular formula is C3H6BrOS+. The molecule has 1 atom stereocenters. The number of hydrogen-bond donors (Lipinski definition) is 0. The average molecular weight is 170 g/mol. The second-order valence-electron chi connectivity index (χ2n) is 1.07. The Balaban J connectivity index is 2.81. The van der Waals surface area contributed by atoms with Crippen molar-refractivity contribution in [1.29, 1.82) is 0 Å². The molecule has 0 fully saturated rings. The molecule has 0 aromatic rings. The normalized spacial score (nSPS) is 13.7. The Kier molecular flexibility index (Phi) is 3.99. The van der Waals surface area contributed by atoms with Crippen molar-refractivity contribution < 1.29 is 4.21 Å². The molecule has 0 bridgehead atoms. The van der Waals surface area contributed by atoms with E-state index in [1.807, 2.05) is 6.92 Å². The summed E-state index contributed by atoms with van der Waals surface area (Å²) in [6.45, 7) is 1.95. The molecule has 1 unspecified atom stereocenters. The fourth-order valence-corrected chi connectivity index (χ4v) is 0.605. The second kappa shape index (κ2) is 3.68. The summed E-state index contributed by atoms with van der Waals surface area (Å²) in [5.41, 5.74) is 0. The standard InChI is InChI=1S/C3H6BrOS/c1-3(4)2-6-5/h3H,2H2,1H3/q+1. The molecule has 0 heterocycles. The van der Waals surface area contributed by atoms with Crippen molar-refractivity contribution in [2.45, 2.75) is 11.8 Å². The maximum Gasteiger partial charge on any atom is 0.459 e. The van der Waals surface area contributed by atoms with Gasteiger partial charge >= 0.3 is 11.7 Å². The van der Waals surface area contributed by atoms with Gasteiger partial charge in [0.2, 0.25) is 5.75 Å². The molecule has 0 saturated heterocycles. The molecule has 36 valence electrons. The largest absolute Gasteiger partial charge is 0.459 e. The molecule has 0 aliphatic carbocycles. The van der Waals surface area contributed by atoms with Gasteiger partial charge in [0.1, 0.15) is 0 Å². The first-order chi connectivity index (χ1) is 2.77. The first-order valence-corrected chi connectivity index (χ1v) is 3.49. The summed E-state index contributed by atoms with van der Waals surface area (Å²) in [7, 11) is 0. The Hall–Kier alpha value is 0.500. The monoisotopic (exact) mass is 169 g/mol. The molecular weight excluding hydrogens is 164 g/mol. The maximum absolute atomic E-state index is 9.63. The van der Waals surface area contributed by atoms with Crippen molar-refractivity contribution >= 4 is 27.6 Å². The quantitative estimate of drug-likeness (QED) is 0.449. The third-order valence-electron chi connectivity index (χ3n) is 0.298. The molecule has 0 aromatic heterocycles. The van der Waals surface area contributed by atoms with Crippen molar-refractivity contribution in [3.63, 3.8) is 0 Å². The van der Waals surface area contributed by atoms with E-state index in [0.29, 0.717) is 22.2 Å². The topological polar surface area (TPSA) is 17.1 Å². The van der Waals surface area contributed by atoms with E-state index < -0.39 is 0 Å². The van der Waals surface area contributed by atoms with Crippen LogP contribution in [0, 0.1) is 0 Å². The first kappa shape index (κ1) is 6.50. The third-order valence-corrected chi connectivity index (χ3v) is 1.69. The molecule has 0 radical (unpaired) electrons. The van der Waals surface area contributed by atoms with Crippen LogP contribution in [0.3, 0.4) is 0 Å². The van der Waals surface area contributed by atoms with Gasteiger partial charge in [0.15, 0.2) is 0 Å². The Morgan fingerprint density at radius 2 is 2.50 bits per heavy atom. The summed E-state index contributed by atoms with van der Waals surface area (Å²) >= 11 is 3.83. The highest BCUT2D eigenvalue weighted by Gasteiger charge is 2.02. The lowest BCUT2D eigenvalue weighted by molar-refractivity contribution is 0.604. The number of halogens is 1. The van der Waals surface area contributed by atoms with Crippen LogP contribution < -0.4 is 0 Å². The summed E-state index contributed by atoms with van der Waals surface area (Å²) in [5.74, 6) is 0.653. The van der Waals surface area contributed by atoms with Crippen LogP contribution in [-0.2, 0) is 15.9 Å². The smallest absolute Gasteiger partial charge is 0.0834 e. The van der Waals surface area contributed by atoms with Gasteiger partial charge in [-0.05, 0) is 6.92 Å². The van der Waals surface area contributed by atoms with E-state index in [4.69, 9.17) is 0 Å². The van der Waals surface area contributed by atoms with Crippen LogP contribution in [0.1, 0.15) is 6.92 Å². The van der Waals surface area contributed by atoms with Crippen molar-refractivity contribution in [2.75, 3.05) is 5.75 Å². The summed E-state index contributed by atoms with van der Waals surface area (Å²) in [6.07, 6.45) is 0. The Bertz CT molecular complexity index is 46.1. The molecule has 0 N–H and O–H groups in total. The summed E-state index contributed by atoms with van der Waals surface area (Å²) in [5, 5.41) is 0. The molecule has 0 rings (SSSR count).